The predicted molar refractivity (Wildman–Crippen MR) is 110 cm³/mol. The zero-order chi connectivity index (χ0) is 20.9. The van der Waals surface area contributed by atoms with Crippen molar-refractivity contribution in [2.24, 2.45) is 11.8 Å². The summed E-state index contributed by atoms with van der Waals surface area (Å²) >= 11 is 0. The molecule has 1 fully saturated rings. The largest absolute Gasteiger partial charge is 0.385 e. The smallest absolute Gasteiger partial charge is 0.217 e. The minimum absolute atomic E-state index is 0.0210. The molecular formula is C20H27N7O2. The highest BCUT2D eigenvalue weighted by Gasteiger charge is 2.41. The monoisotopic (exact) mass is 397 g/mol. The molecule has 1 aliphatic carbocycles. The number of nitrogens with zero attached hydrogens (tertiary/aromatic N) is 4. The van der Waals surface area contributed by atoms with Gasteiger partial charge in [-0.25, -0.2) is 9.97 Å². The second kappa shape index (κ2) is 7.14. The number of H-pyrrole nitrogens is 1. The number of carbonyl (C=O) groups excluding carboxylic acids is 1. The van der Waals surface area contributed by atoms with Crippen LogP contribution in [0.5, 0.6) is 0 Å². The molecule has 154 valence electrons. The summed E-state index contributed by atoms with van der Waals surface area (Å²) in [6.45, 7) is 7.58. The standard InChI is InChI=1S/C20H27N7O2/c1-9(2)17(29)19-24-15(12-5-14-18(22-7-12)26-20(21)25-14)8-27(19)16-6-13(10(16)3)23-11(4)28/h5,7-10,13,16-17,29H,6H2,1-4H3,(H,23,28)(H3,21,22,25,26). The number of imidazole rings is 2. The summed E-state index contributed by atoms with van der Waals surface area (Å²) in [5.41, 5.74) is 8.57. The Morgan fingerprint density at radius 2 is 2.17 bits per heavy atom. The summed E-state index contributed by atoms with van der Waals surface area (Å²) in [6, 6.07) is 2.21. The molecule has 4 atom stereocenters. The lowest BCUT2D eigenvalue weighted by Crippen LogP contribution is -2.51. The average molecular weight is 397 g/mol. The van der Waals surface area contributed by atoms with Gasteiger partial charge in [-0.2, -0.15) is 4.98 Å². The summed E-state index contributed by atoms with van der Waals surface area (Å²) in [5.74, 6) is 1.20. The Morgan fingerprint density at radius 3 is 2.83 bits per heavy atom. The molecule has 0 aliphatic heterocycles. The lowest BCUT2D eigenvalue weighted by Gasteiger charge is -2.44. The van der Waals surface area contributed by atoms with Crippen molar-refractivity contribution >= 4 is 23.0 Å². The molecule has 1 amide bonds. The first-order valence-corrected chi connectivity index (χ1v) is 9.90. The fraction of sp³-hybridized carbons (Fsp3) is 0.500. The lowest BCUT2D eigenvalue weighted by molar-refractivity contribution is -0.121. The molecule has 1 aliphatic rings. The van der Waals surface area contributed by atoms with Crippen molar-refractivity contribution in [3.05, 3.63) is 24.3 Å². The van der Waals surface area contributed by atoms with E-state index in [1.165, 1.54) is 6.92 Å². The molecule has 3 aromatic rings. The third kappa shape index (κ3) is 3.46. The van der Waals surface area contributed by atoms with E-state index in [1.54, 1.807) is 6.20 Å². The Hall–Kier alpha value is -2.94. The Kier molecular flexibility index (Phi) is 4.77. The van der Waals surface area contributed by atoms with Gasteiger partial charge in [-0.3, -0.25) is 4.79 Å². The van der Waals surface area contributed by atoms with E-state index in [0.29, 0.717) is 17.4 Å². The Bertz CT molecular complexity index is 1050. The summed E-state index contributed by atoms with van der Waals surface area (Å²) in [5, 5.41) is 13.8. The number of anilines is 1. The van der Waals surface area contributed by atoms with E-state index in [1.807, 2.05) is 26.1 Å². The van der Waals surface area contributed by atoms with Gasteiger partial charge in [-0.05, 0) is 24.3 Å². The molecule has 5 N–H and O–H groups in total. The molecule has 0 saturated heterocycles. The Morgan fingerprint density at radius 1 is 1.41 bits per heavy atom. The number of amides is 1. The van der Waals surface area contributed by atoms with Crippen molar-refractivity contribution in [1.82, 2.24) is 29.8 Å². The van der Waals surface area contributed by atoms with Gasteiger partial charge in [0.2, 0.25) is 5.91 Å². The number of rotatable bonds is 5. The summed E-state index contributed by atoms with van der Waals surface area (Å²) < 4.78 is 2.06. The first-order valence-electron chi connectivity index (χ1n) is 9.90. The number of aliphatic hydroxyl groups excluding tert-OH is 1. The van der Waals surface area contributed by atoms with Gasteiger partial charge < -0.3 is 25.7 Å². The highest BCUT2D eigenvalue weighted by Crippen LogP contribution is 2.41. The zero-order valence-corrected chi connectivity index (χ0v) is 17.0. The van der Waals surface area contributed by atoms with Crippen LogP contribution >= 0.6 is 0 Å². The number of hydrogen-bond acceptors (Lipinski definition) is 6. The molecule has 0 spiro atoms. The van der Waals surface area contributed by atoms with Crippen molar-refractivity contribution in [3.63, 3.8) is 0 Å². The Labute approximate surface area is 168 Å². The van der Waals surface area contributed by atoms with Crippen molar-refractivity contribution in [2.45, 2.75) is 52.3 Å². The van der Waals surface area contributed by atoms with Gasteiger partial charge in [-0.1, -0.05) is 20.8 Å². The van der Waals surface area contributed by atoms with Gasteiger partial charge in [0.25, 0.3) is 0 Å². The van der Waals surface area contributed by atoms with E-state index in [0.717, 1.165) is 23.2 Å². The third-order valence-corrected chi connectivity index (χ3v) is 5.79. The minimum Gasteiger partial charge on any atom is -0.385 e. The van der Waals surface area contributed by atoms with Crippen molar-refractivity contribution in [2.75, 3.05) is 5.73 Å². The van der Waals surface area contributed by atoms with Crippen molar-refractivity contribution in [3.8, 4) is 11.3 Å². The highest BCUT2D eigenvalue weighted by molar-refractivity contribution is 5.78. The second-order valence-electron chi connectivity index (χ2n) is 8.27. The molecule has 0 bridgehead atoms. The number of nitrogen functional groups attached to an aromatic ring is 1. The van der Waals surface area contributed by atoms with Crippen molar-refractivity contribution in [1.29, 1.82) is 0 Å². The predicted octanol–water partition coefficient (Wildman–Crippen LogP) is 2.18. The number of fused-ring (bicyclic) bond motifs is 1. The van der Waals surface area contributed by atoms with Gasteiger partial charge in [0, 0.05) is 37.0 Å². The molecule has 1 saturated carbocycles. The van der Waals surface area contributed by atoms with Crippen LogP contribution in [0.3, 0.4) is 0 Å². The number of aromatic amines is 1. The van der Waals surface area contributed by atoms with Gasteiger partial charge >= 0.3 is 0 Å². The maximum atomic E-state index is 11.4. The molecule has 4 rings (SSSR count). The van der Waals surface area contributed by atoms with Crippen LogP contribution in [0.1, 0.15) is 52.1 Å². The van der Waals surface area contributed by atoms with Crippen LogP contribution in [0.25, 0.3) is 22.4 Å². The van der Waals surface area contributed by atoms with E-state index in [9.17, 15) is 9.90 Å². The maximum absolute atomic E-state index is 11.4. The number of aromatic nitrogens is 5. The van der Waals surface area contributed by atoms with Crippen LogP contribution in [-0.4, -0.2) is 41.6 Å². The van der Waals surface area contributed by atoms with Gasteiger partial charge in [0.15, 0.2) is 11.6 Å². The van der Waals surface area contributed by atoms with Crippen LogP contribution in [0.15, 0.2) is 18.5 Å². The summed E-state index contributed by atoms with van der Waals surface area (Å²) in [7, 11) is 0. The fourth-order valence-corrected chi connectivity index (χ4v) is 3.97. The normalized spacial score (nSPS) is 22.6. The molecule has 9 nitrogen and oxygen atoms in total. The molecule has 9 heteroatoms. The molecule has 3 heterocycles. The molecule has 0 radical (unpaired) electrons. The highest BCUT2D eigenvalue weighted by atomic mass is 16.3. The summed E-state index contributed by atoms with van der Waals surface area (Å²) in [6.07, 6.45) is 3.80. The number of hydrogen-bond donors (Lipinski definition) is 4. The molecule has 29 heavy (non-hydrogen) atoms. The van der Waals surface area contributed by atoms with E-state index < -0.39 is 6.10 Å². The average Bonchev–Trinajstić information content (AvgIpc) is 3.25. The topological polar surface area (TPSA) is 135 Å². The van der Waals surface area contributed by atoms with Crippen LogP contribution in [0.2, 0.25) is 0 Å². The third-order valence-electron chi connectivity index (χ3n) is 5.79. The van der Waals surface area contributed by atoms with E-state index in [-0.39, 0.29) is 29.8 Å². The van der Waals surface area contributed by atoms with E-state index in [4.69, 9.17) is 10.7 Å². The lowest BCUT2D eigenvalue weighted by atomic mass is 9.75. The molecule has 0 aromatic carbocycles. The van der Waals surface area contributed by atoms with Gasteiger partial charge in [0.1, 0.15) is 11.9 Å². The van der Waals surface area contributed by atoms with Crippen LogP contribution < -0.4 is 11.1 Å². The van der Waals surface area contributed by atoms with E-state index >= 15 is 0 Å². The molecule has 4 unspecified atom stereocenters. The first-order chi connectivity index (χ1) is 13.7. The number of carbonyl (C=O) groups is 1. The number of aliphatic hydroxyl groups is 1. The molecular weight excluding hydrogens is 370 g/mol. The minimum atomic E-state index is -0.685. The first kappa shape index (κ1) is 19.4. The molecule has 3 aromatic heterocycles. The fourth-order valence-electron chi connectivity index (χ4n) is 3.97. The number of pyridine rings is 1. The van der Waals surface area contributed by atoms with Gasteiger partial charge in [0.05, 0.1) is 11.2 Å². The quantitative estimate of drug-likeness (QED) is 0.521. The summed E-state index contributed by atoms with van der Waals surface area (Å²) in [4.78, 5) is 27.6. The van der Waals surface area contributed by atoms with Crippen molar-refractivity contribution < 1.29 is 9.90 Å². The van der Waals surface area contributed by atoms with Crippen LogP contribution in [0, 0.1) is 11.8 Å². The van der Waals surface area contributed by atoms with Crippen LogP contribution in [0.4, 0.5) is 5.95 Å². The van der Waals surface area contributed by atoms with Crippen LogP contribution in [-0.2, 0) is 4.79 Å². The van der Waals surface area contributed by atoms with Gasteiger partial charge in [-0.15, -0.1) is 0 Å². The SMILES string of the molecule is CC(=O)NC1CC(n2cc(-c3cnc4nc(N)[nH]c4c3)nc2C(O)C(C)C)C1C. The van der Waals surface area contributed by atoms with E-state index in [2.05, 4.69) is 31.8 Å². The number of nitrogens with one attached hydrogen (secondary N) is 2. The zero-order valence-electron chi connectivity index (χ0n) is 17.0. The second-order valence-corrected chi connectivity index (χ2v) is 8.27. The Balaban J connectivity index is 1.70. The maximum Gasteiger partial charge on any atom is 0.217 e. The number of nitrogens with two attached hydrogens (primary N) is 1.